The normalized spacial score (nSPS) is 16.2. The zero-order chi connectivity index (χ0) is 15.1. The maximum absolute atomic E-state index is 3.72. The highest BCUT2D eigenvalue weighted by atomic mass is 32.1. The second-order valence-corrected chi connectivity index (χ2v) is 8.25. The van der Waals surface area contributed by atoms with Gasteiger partial charge in [0.15, 0.2) is 0 Å². The summed E-state index contributed by atoms with van der Waals surface area (Å²) in [5.41, 5.74) is 1.64. The molecule has 0 fully saturated rings. The Morgan fingerprint density at radius 1 is 1.05 bits per heavy atom. The lowest BCUT2D eigenvalue weighted by Crippen LogP contribution is -2.18. The van der Waals surface area contributed by atoms with Gasteiger partial charge in [0.25, 0.3) is 0 Å². The van der Waals surface area contributed by atoms with E-state index in [0.29, 0.717) is 6.04 Å². The first kappa shape index (κ1) is 17.0. The number of aryl methyl sites for hydroxylation is 2. The quantitative estimate of drug-likeness (QED) is 0.561. The van der Waals surface area contributed by atoms with E-state index >= 15 is 0 Å². The lowest BCUT2D eigenvalue weighted by molar-refractivity contribution is 0.500. The highest BCUT2D eigenvalue weighted by molar-refractivity contribution is 7.12. The second-order valence-electron chi connectivity index (χ2n) is 7.08. The molecule has 1 aromatic heterocycles. The van der Waals surface area contributed by atoms with Crippen molar-refractivity contribution >= 4 is 11.3 Å². The molecule has 2 rings (SSSR count). The van der Waals surface area contributed by atoms with Crippen molar-refractivity contribution in [2.75, 3.05) is 6.54 Å². The minimum absolute atomic E-state index is 0.538. The maximum atomic E-state index is 3.72. The standard InChI is InChI=1S/C19H33NS/c1-15(2)10-6-4-5-9-13-20-16(3)19-14-17-11-7-8-12-18(17)21-19/h14-16,20H,4-13H2,1-3H3. The lowest BCUT2D eigenvalue weighted by atomic mass is 9.99. The van der Waals surface area contributed by atoms with Gasteiger partial charge in [0.05, 0.1) is 0 Å². The maximum Gasteiger partial charge on any atom is 0.0386 e. The van der Waals surface area contributed by atoms with E-state index in [2.05, 4.69) is 43.5 Å². The van der Waals surface area contributed by atoms with Gasteiger partial charge >= 0.3 is 0 Å². The van der Waals surface area contributed by atoms with Crippen molar-refractivity contribution in [3.8, 4) is 0 Å². The Hall–Kier alpha value is -0.340. The number of unbranched alkanes of at least 4 members (excludes halogenated alkanes) is 3. The predicted molar refractivity (Wildman–Crippen MR) is 95.3 cm³/mol. The summed E-state index contributed by atoms with van der Waals surface area (Å²) in [6, 6.07) is 3.01. The van der Waals surface area contributed by atoms with Crippen LogP contribution in [0.1, 0.15) is 87.1 Å². The van der Waals surface area contributed by atoms with Crippen LogP contribution in [-0.4, -0.2) is 6.54 Å². The number of thiophene rings is 1. The third-order valence-electron chi connectivity index (χ3n) is 4.60. The molecule has 1 aromatic rings. The first-order valence-electron chi connectivity index (χ1n) is 9.01. The van der Waals surface area contributed by atoms with Crippen molar-refractivity contribution in [2.45, 2.75) is 84.6 Å². The first-order valence-corrected chi connectivity index (χ1v) is 9.83. The molecule has 1 nitrogen and oxygen atoms in total. The largest absolute Gasteiger partial charge is 0.309 e. The number of fused-ring (bicyclic) bond motifs is 1. The van der Waals surface area contributed by atoms with Crippen LogP contribution in [0.4, 0.5) is 0 Å². The molecule has 1 aliphatic rings. The van der Waals surface area contributed by atoms with Gasteiger partial charge in [-0.15, -0.1) is 11.3 Å². The molecular weight excluding hydrogens is 274 g/mol. The van der Waals surface area contributed by atoms with Crippen LogP contribution < -0.4 is 5.32 Å². The van der Waals surface area contributed by atoms with Crippen LogP contribution in [0.25, 0.3) is 0 Å². The molecule has 0 saturated carbocycles. The van der Waals surface area contributed by atoms with Gasteiger partial charge in [-0.2, -0.15) is 0 Å². The van der Waals surface area contributed by atoms with Gasteiger partial charge in [-0.25, -0.2) is 0 Å². The second kappa shape index (κ2) is 8.95. The third kappa shape index (κ3) is 5.75. The van der Waals surface area contributed by atoms with Crippen molar-refractivity contribution in [2.24, 2.45) is 5.92 Å². The van der Waals surface area contributed by atoms with Crippen LogP contribution in [0, 0.1) is 5.92 Å². The Morgan fingerprint density at radius 3 is 2.57 bits per heavy atom. The van der Waals surface area contributed by atoms with Gasteiger partial charge in [-0.05, 0) is 63.1 Å². The Balaban J connectivity index is 1.61. The molecule has 21 heavy (non-hydrogen) atoms. The molecule has 1 heterocycles. The number of hydrogen-bond donors (Lipinski definition) is 1. The zero-order valence-corrected chi connectivity index (χ0v) is 15.0. The summed E-state index contributed by atoms with van der Waals surface area (Å²) in [4.78, 5) is 3.22. The van der Waals surface area contributed by atoms with Crippen LogP contribution in [0.2, 0.25) is 0 Å². The van der Waals surface area contributed by atoms with Crippen molar-refractivity contribution in [1.82, 2.24) is 5.32 Å². The van der Waals surface area contributed by atoms with Crippen LogP contribution in [0.15, 0.2) is 6.07 Å². The summed E-state index contributed by atoms with van der Waals surface area (Å²) in [6.45, 7) is 8.15. The molecule has 1 N–H and O–H groups in total. The summed E-state index contributed by atoms with van der Waals surface area (Å²) in [6.07, 6.45) is 12.3. The molecule has 0 bridgehead atoms. The van der Waals surface area contributed by atoms with Crippen molar-refractivity contribution in [3.05, 3.63) is 21.4 Å². The highest BCUT2D eigenvalue weighted by Crippen LogP contribution is 2.32. The summed E-state index contributed by atoms with van der Waals surface area (Å²) in [7, 11) is 0. The Labute approximate surface area is 135 Å². The molecule has 0 amide bonds. The molecular formula is C19H33NS. The molecule has 1 aliphatic carbocycles. The minimum Gasteiger partial charge on any atom is -0.309 e. The fraction of sp³-hybridized carbons (Fsp3) is 0.789. The molecule has 120 valence electrons. The minimum atomic E-state index is 0.538. The summed E-state index contributed by atoms with van der Waals surface area (Å²) in [5, 5.41) is 3.72. The smallest absolute Gasteiger partial charge is 0.0386 e. The first-order chi connectivity index (χ1) is 10.2. The fourth-order valence-corrected chi connectivity index (χ4v) is 4.46. The average molecular weight is 308 g/mol. The molecule has 0 spiro atoms. The van der Waals surface area contributed by atoms with Gasteiger partial charge in [-0.3, -0.25) is 0 Å². The molecule has 0 saturated heterocycles. The van der Waals surface area contributed by atoms with Gasteiger partial charge in [0.2, 0.25) is 0 Å². The van der Waals surface area contributed by atoms with Gasteiger partial charge < -0.3 is 5.32 Å². The Kier molecular flexibility index (Phi) is 7.25. The summed E-state index contributed by atoms with van der Waals surface area (Å²) >= 11 is 2.06. The van der Waals surface area contributed by atoms with E-state index in [1.165, 1.54) is 64.3 Å². The highest BCUT2D eigenvalue weighted by Gasteiger charge is 2.16. The molecule has 0 radical (unpaired) electrons. The van der Waals surface area contributed by atoms with E-state index in [1.54, 1.807) is 15.3 Å². The predicted octanol–water partition coefficient (Wildman–Crippen LogP) is 5.88. The Bertz CT molecular complexity index is 384. The van der Waals surface area contributed by atoms with Crippen LogP contribution in [0.5, 0.6) is 0 Å². The summed E-state index contributed by atoms with van der Waals surface area (Å²) in [5.74, 6) is 0.869. The zero-order valence-electron chi connectivity index (χ0n) is 14.2. The van der Waals surface area contributed by atoms with Crippen LogP contribution >= 0.6 is 11.3 Å². The summed E-state index contributed by atoms with van der Waals surface area (Å²) < 4.78 is 0. The van der Waals surface area contributed by atoms with Gasteiger partial charge in [0, 0.05) is 15.8 Å². The molecule has 1 unspecified atom stereocenters. The fourth-order valence-electron chi connectivity index (χ4n) is 3.18. The van der Waals surface area contributed by atoms with Gasteiger partial charge in [0.1, 0.15) is 0 Å². The van der Waals surface area contributed by atoms with E-state index in [-0.39, 0.29) is 0 Å². The van der Waals surface area contributed by atoms with Crippen molar-refractivity contribution < 1.29 is 0 Å². The van der Waals surface area contributed by atoms with Crippen molar-refractivity contribution in [3.63, 3.8) is 0 Å². The monoisotopic (exact) mass is 307 g/mol. The third-order valence-corrected chi connectivity index (χ3v) is 6.02. The average Bonchev–Trinajstić information content (AvgIpc) is 2.89. The number of rotatable bonds is 9. The van der Waals surface area contributed by atoms with Crippen molar-refractivity contribution in [1.29, 1.82) is 0 Å². The molecule has 1 atom stereocenters. The number of hydrogen-bond acceptors (Lipinski definition) is 2. The van der Waals surface area contributed by atoms with Gasteiger partial charge in [-0.1, -0.05) is 39.5 Å². The van der Waals surface area contributed by atoms with E-state index in [0.717, 1.165) is 5.92 Å². The van der Waals surface area contributed by atoms with Crippen LogP contribution in [-0.2, 0) is 12.8 Å². The SMILES string of the molecule is CC(C)CCCCCCNC(C)c1cc2c(s1)CCCC2. The van der Waals surface area contributed by atoms with E-state index < -0.39 is 0 Å². The number of nitrogens with one attached hydrogen (secondary N) is 1. The van der Waals surface area contributed by atoms with Crippen LogP contribution in [0.3, 0.4) is 0 Å². The lowest BCUT2D eigenvalue weighted by Gasteiger charge is -2.12. The molecule has 0 aromatic carbocycles. The van der Waals surface area contributed by atoms with E-state index in [9.17, 15) is 0 Å². The van der Waals surface area contributed by atoms with E-state index in [4.69, 9.17) is 0 Å². The van der Waals surface area contributed by atoms with E-state index in [1.807, 2.05) is 0 Å². The molecule has 2 heteroatoms. The molecule has 0 aliphatic heterocycles. The Morgan fingerprint density at radius 2 is 1.81 bits per heavy atom. The topological polar surface area (TPSA) is 12.0 Å².